The summed E-state index contributed by atoms with van der Waals surface area (Å²) in [5.41, 5.74) is 18.5. The Kier molecular flexibility index (Phi) is 3.01. The highest BCUT2D eigenvalue weighted by Crippen LogP contribution is 2.42. The molecule has 0 aliphatic heterocycles. The molecule has 21 heavy (non-hydrogen) atoms. The maximum absolute atomic E-state index is 11.5. The highest BCUT2D eigenvalue weighted by atomic mass is 32.1. The molecule has 3 heterocycles. The molecule has 0 aromatic carbocycles. The predicted octanol–water partition coefficient (Wildman–Crippen LogP) is 1.58. The largest absolute Gasteiger partial charge is 0.397 e. The van der Waals surface area contributed by atoms with E-state index in [0.29, 0.717) is 21.3 Å². The Balaban J connectivity index is 2.52. The minimum Gasteiger partial charge on any atom is -0.397 e. The Morgan fingerprint density at radius 3 is 2.71 bits per heavy atom. The Labute approximate surface area is 127 Å². The van der Waals surface area contributed by atoms with Crippen LogP contribution in [-0.4, -0.2) is 5.91 Å². The second-order valence-corrected chi connectivity index (χ2v) is 6.26. The molecule has 7 N–H and O–H groups in total. The third-order valence-electron chi connectivity index (χ3n) is 3.07. The van der Waals surface area contributed by atoms with Crippen molar-refractivity contribution in [3.05, 3.63) is 28.0 Å². The molecule has 104 valence electrons. The van der Waals surface area contributed by atoms with E-state index >= 15 is 0 Å². The Hall–Kier alpha value is -2.63. The molecule has 0 aliphatic carbocycles. The van der Waals surface area contributed by atoms with Gasteiger partial charge in [-0.05, 0) is 11.4 Å². The normalized spacial score (nSPS) is 10.6. The van der Waals surface area contributed by atoms with Gasteiger partial charge in [-0.25, -0.2) is 4.98 Å². The Morgan fingerprint density at radius 1 is 1.38 bits per heavy atom. The number of primary amides is 1. The Morgan fingerprint density at radius 2 is 2.14 bits per heavy atom. The number of anilines is 2. The predicted molar refractivity (Wildman–Crippen MR) is 83.8 cm³/mol. The number of amides is 1. The van der Waals surface area contributed by atoms with Crippen molar-refractivity contribution < 1.29 is 9.78 Å². The van der Waals surface area contributed by atoms with Crippen LogP contribution in [0.3, 0.4) is 0 Å². The molecule has 3 aromatic rings. The lowest BCUT2D eigenvalue weighted by molar-refractivity contribution is -0.323. The van der Waals surface area contributed by atoms with Gasteiger partial charge in [0.05, 0.1) is 11.1 Å². The number of hydrogen-bond acceptors (Lipinski definition) is 6. The van der Waals surface area contributed by atoms with Gasteiger partial charge < -0.3 is 11.5 Å². The number of nitrogens with one attached hydrogen (secondary N) is 1. The summed E-state index contributed by atoms with van der Waals surface area (Å²) in [7, 11) is 0. The quantitative estimate of drug-likeness (QED) is 0.661. The summed E-state index contributed by atoms with van der Waals surface area (Å²) in [4.78, 5) is 16.1. The molecule has 8 heteroatoms. The van der Waals surface area contributed by atoms with Crippen molar-refractivity contribution in [3.8, 4) is 16.5 Å². The van der Waals surface area contributed by atoms with Crippen molar-refractivity contribution in [2.45, 2.75) is 0 Å². The average molecular weight is 316 g/mol. The Bertz CT molecular complexity index is 905. The maximum atomic E-state index is 11.5. The number of nitriles is 1. The number of H-pyrrole nitrogens is 1. The SMILES string of the molecule is N#Cc1c(N)[nH+]c2sc(C(N)=O)c(N)c2c1-c1cccs1. The summed E-state index contributed by atoms with van der Waals surface area (Å²) < 4.78 is 0. The standard InChI is InChI=1S/C13H9N5OS2/c14-4-5-7(6-2-1-3-20-6)8-9(15)10(12(17)19)21-13(8)18-11(5)16/h1-3H,15H2,(H2,16,18)(H2,17,19)/p+1. The van der Waals surface area contributed by atoms with Crippen molar-refractivity contribution in [1.29, 1.82) is 5.26 Å². The fourth-order valence-electron chi connectivity index (χ4n) is 2.19. The molecule has 0 spiro atoms. The molecule has 0 bridgehead atoms. The lowest BCUT2D eigenvalue weighted by Gasteiger charge is -2.04. The molecular weight excluding hydrogens is 306 g/mol. The van der Waals surface area contributed by atoms with Crippen LogP contribution in [0.2, 0.25) is 0 Å². The van der Waals surface area contributed by atoms with Gasteiger partial charge in [0.2, 0.25) is 0 Å². The molecule has 0 saturated carbocycles. The molecule has 1 amide bonds. The van der Waals surface area contributed by atoms with Crippen LogP contribution in [-0.2, 0) is 0 Å². The van der Waals surface area contributed by atoms with Gasteiger partial charge in [0.25, 0.3) is 11.7 Å². The van der Waals surface area contributed by atoms with Crippen LogP contribution in [0.25, 0.3) is 20.7 Å². The maximum Gasteiger partial charge on any atom is 0.290 e. The van der Waals surface area contributed by atoms with Crippen LogP contribution in [0, 0.1) is 11.3 Å². The van der Waals surface area contributed by atoms with Crippen molar-refractivity contribution in [2.24, 2.45) is 5.73 Å². The van der Waals surface area contributed by atoms with E-state index in [9.17, 15) is 10.1 Å². The molecule has 3 rings (SSSR count). The number of aromatic nitrogens is 1. The summed E-state index contributed by atoms with van der Waals surface area (Å²) in [6.45, 7) is 0. The van der Waals surface area contributed by atoms with Crippen molar-refractivity contribution in [1.82, 2.24) is 0 Å². The first-order chi connectivity index (χ1) is 10.0. The monoisotopic (exact) mass is 316 g/mol. The van der Waals surface area contributed by atoms with Gasteiger partial charge in [-0.1, -0.05) is 17.4 Å². The van der Waals surface area contributed by atoms with Crippen molar-refractivity contribution in [3.63, 3.8) is 0 Å². The van der Waals surface area contributed by atoms with Gasteiger partial charge in [-0.15, -0.1) is 11.3 Å². The highest BCUT2D eigenvalue weighted by Gasteiger charge is 2.25. The van der Waals surface area contributed by atoms with E-state index in [2.05, 4.69) is 11.1 Å². The molecule has 0 atom stereocenters. The molecule has 0 fully saturated rings. The summed E-state index contributed by atoms with van der Waals surface area (Å²) in [5.74, 6) is -0.359. The molecule has 0 saturated heterocycles. The lowest BCUT2D eigenvalue weighted by Crippen LogP contribution is -2.13. The fourth-order valence-corrected chi connectivity index (χ4v) is 3.97. The molecular formula is C13H10N5OS2+. The number of carbonyl (C=O) groups excluding carboxylic acids is 1. The van der Waals surface area contributed by atoms with Crippen LogP contribution in [0.15, 0.2) is 17.5 Å². The summed E-state index contributed by atoms with van der Waals surface area (Å²) in [6.07, 6.45) is 0. The number of thiophene rings is 2. The smallest absolute Gasteiger partial charge is 0.290 e. The third-order valence-corrected chi connectivity index (χ3v) is 5.09. The van der Waals surface area contributed by atoms with Gasteiger partial charge >= 0.3 is 0 Å². The van der Waals surface area contributed by atoms with Gasteiger partial charge in [-0.3, -0.25) is 10.5 Å². The number of hydrogen-bond donors (Lipinski definition) is 3. The average Bonchev–Trinajstić information content (AvgIpc) is 3.06. The zero-order valence-corrected chi connectivity index (χ0v) is 12.3. The van der Waals surface area contributed by atoms with Gasteiger partial charge in [0, 0.05) is 10.4 Å². The highest BCUT2D eigenvalue weighted by molar-refractivity contribution is 7.21. The minimum atomic E-state index is -0.601. The minimum absolute atomic E-state index is 0.241. The number of nitrogens with zero attached hydrogens (tertiary/aromatic N) is 1. The van der Waals surface area contributed by atoms with Crippen LogP contribution in [0.1, 0.15) is 15.2 Å². The number of rotatable bonds is 2. The second kappa shape index (κ2) is 4.73. The molecule has 3 aromatic heterocycles. The summed E-state index contributed by atoms with van der Waals surface area (Å²) >= 11 is 2.60. The third kappa shape index (κ3) is 1.91. The zero-order chi connectivity index (χ0) is 15.1. The van der Waals surface area contributed by atoms with E-state index in [4.69, 9.17) is 17.2 Å². The number of nitrogens with two attached hydrogens (primary N) is 3. The van der Waals surface area contributed by atoms with Crippen LogP contribution >= 0.6 is 22.7 Å². The van der Waals surface area contributed by atoms with E-state index < -0.39 is 5.91 Å². The van der Waals surface area contributed by atoms with Gasteiger partial charge in [0.15, 0.2) is 10.4 Å². The summed E-state index contributed by atoms with van der Waals surface area (Å²) in [5, 5.41) is 11.9. The van der Waals surface area contributed by atoms with E-state index in [1.54, 1.807) is 0 Å². The second-order valence-electron chi connectivity index (χ2n) is 4.29. The van der Waals surface area contributed by atoms with Crippen LogP contribution in [0.4, 0.5) is 11.5 Å². The first-order valence-corrected chi connectivity index (χ1v) is 7.54. The number of nitrogen functional groups attached to an aromatic ring is 2. The first kappa shape index (κ1) is 13.4. The van der Waals surface area contributed by atoms with Crippen molar-refractivity contribution in [2.75, 3.05) is 11.5 Å². The molecule has 0 radical (unpaired) electrons. The first-order valence-electron chi connectivity index (χ1n) is 5.85. The van der Waals surface area contributed by atoms with Gasteiger partial charge in [-0.2, -0.15) is 5.26 Å². The number of aromatic amines is 1. The molecule has 0 aliphatic rings. The van der Waals surface area contributed by atoms with Crippen LogP contribution in [0.5, 0.6) is 0 Å². The van der Waals surface area contributed by atoms with E-state index in [0.717, 1.165) is 16.2 Å². The topological polar surface area (TPSA) is 133 Å². The number of pyridine rings is 1. The molecule has 6 nitrogen and oxygen atoms in total. The van der Waals surface area contributed by atoms with E-state index in [-0.39, 0.29) is 16.4 Å². The van der Waals surface area contributed by atoms with Gasteiger partial charge in [0.1, 0.15) is 10.9 Å². The zero-order valence-electron chi connectivity index (χ0n) is 10.6. The van der Waals surface area contributed by atoms with Crippen LogP contribution < -0.4 is 22.2 Å². The lowest BCUT2D eigenvalue weighted by atomic mass is 10.0. The van der Waals surface area contributed by atoms with Crippen molar-refractivity contribution >= 4 is 50.3 Å². The number of fused-ring (bicyclic) bond motifs is 1. The van der Waals surface area contributed by atoms with E-state index in [1.807, 2.05) is 17.5 Å². The molecule has 0 unspecified atom stereocenters. The number of carbonyl (C=O) groups is 1. The fraction of sp³-hybridized carbons (Fsp3) is 0. The van der Waals surface area contributed by atoms with E-state index in [1.165, 1.54) is 11.3 Å². The summed E-state index contributed by atoms with van der Waals surface area (Å²) in [6, 6.07) is 5.84.